The quantitative estimate of drug-likeness (QED) is 0.683. The predicted molar refractivity (Wildman–Crippen MR) is 77.0 cm³/mol. The molecule has 0 aromatic carbocycles. The third-order valence-corrected chi connectivity index (χ3v) is 3.72. The topological polar surface area (TPSA) is 67.6 Å². The van der Waals surface area contributed by atoms with Crippen molar-refractivity contribution in [2.45, 2.75) is 51.7 Å². The summed E-state index contributed by atoms with van der Waals surface area (Å²) in [6.45, 7) is 7.82. The summed E-state index contributed by atoms with van der Waals surface area (Å²) in [7, 11) is 0. The molecule has 1 aliphatic heterocycles. The van der Waals surface area contributed by atoms with Gasteiger partial charge in [-0.15, -0.1) is 0 Å². The molecular formula is C14H29N3O2. The van der Waals surface area contributed by atoms with Crippen molar-refractivity contribution in [1.82, 2.24) is 10.2 Å². The number of nitrogens with zero attached hydrogens (tertiary/aromatic N) is 1. The van der Waals surface area contributed by atoms with Gasteiger partial charge in [0.2, 0.25) is 5.91 Å². The van der Waals surface area contributed by atoms with Crippen molar-refractivity contribution < 1.29 is 9.53 Å². The third kappa shape index (κ3) is 6.36. The zero-order chi connectivity index (χ0) is 14.1. The highest BCUT2D eigenvalue weighted by molar-refractivity contribution is 5.78. The van der Waals surface area contributed by atoms with Crippen molar-refractivity contribution in [2.24, 2.45) is 5.73 Å². The van der Waals surface area contributed by atoms with Crippen LogP contribution in [-0.2, 0) is 9.53 Å². The summed E-state index contributed by atoms with van der Waals surface area (Å²) in [5, 5.41) is 3.08. The number of hydrogen-bond acceptors (Lipinski definition) is 4. The van der Waals surface area contributed by atoms with Crippen molar-refractivity contribution in [2.75, 3.05) is 32.8 Å². The van der Waals surface area contributed by atoms with Gasteiger partial charge < -0.3 is 15.8 Å². The van der Waals surface area contributed by atoms with Gasteiger partial charge in [-0.25, -0.2) is 0 Å². The van der Waals surface area contributed by atoms with E-state index in [1.54, 1.807) is 0 Å². The van der Waals surface area contributed by atoms with Crippen molar-refractivity contribution >= 4 is 5.91 Å². The molecule has 0 spiro atoms. The second-order valence-corrected chi connectivity index (χ2v) is 5.22. The van der Waals surface area contributed by atoms with Crippen LogP contribution in [0, 0.1) is 0 Å². The third-order valence-electron chi connectivity index (χ3n) is 3.72. The maximum absolute atomic E-state index is 11.9. The fourth-order valence-corrected chi connectivity index (χ4v) is 2.44. The highest BCUT2D eigenvalue weighted by atomic mass is 16.5. The average molecular weight is 271 g/mol. The van der Waals surface area contributed by atoms with Gasteiger partial charge in [0.1, 0.15) is 0 Å². The minimum atomic E-state index is 0.148. The summed E-state index contributed by atoms with van der Waals surface area (Å²) < 4.78 is 5.63. The molecule has 1 aliphatic rings. The van der Waals surface area contributed by atoms with Crippen LogP contribution in [0.5, 0.6) is 0 Å². The number of hydrogen-bond donors (Lipinski definition) is 2. The van der Waals surface area contributed by atoms with Crippen LogP contribution in [0.3, 0.4) is 0 Å². The lowest BCUT2D eigenvalue weighted by atomic mass is 10.1. The molecule has 1 amide bonds. The number of carbonyl (C=O) groups is 1. The zero-order valence-electron chi connectivity index (χ0n) is 12.4. The molecular weight excluding hydrogens is 242 g/mol. The second-order valence-electron chi connectivity index (χ2n) is 5.22. The first-order valence-corrected chi connectivity index (χ1v) is 7.52. The van der Waals surface area contributed by atoms with Crippen molar-refractivity contribution in [3.8, 4) is 0 Å². The Bertz CT molecular complexity index is 249. The molecule has 112 valence electrons. The molecule has 0 aromatic heterocycles. The predicted octanol–water partition coefficient (Wildman–Crippen LogP) is 0.731. The van der Waals surface area contributed by atoms with E-state index in [4.69, 9.17) is 10.5 Å². The molecule has 1 fully saturated rings. The fourth-order valence-electron chi connectivity index (χ4n) is 2.44. The van der Waals surface area contributed by atoms with Gasteiger partial charge in [0, 0.05) is 25.7 Å². The highest BCUT2D eigenvalue weighted by Crippen LogP contribution is 2.13. The van der Waals surface area contributed by atoms with Crippen LogP contribution in [0.2, 0.25) is 0 Å². The Labute approximate surface area is 116 Å². The Kier molecular flexibility index (Phi) is 8.02. The van der Waals surface area contributed by atoms with Crippen LogP contribution in [0.15, 0.2) is 0 Å². The van der Waals surface area contributed by atoms with Gasteiger partial charge >= 0.3 is 0 Å². The summed E-state index contributed by atoms with van der Waals surface area (Å²) in [5.74, 6) is 0.148. The molecule has 19 heavy (non-hydrogen) atoms. The molecule has 0 saturated carbocycles. The number of amides is 1. The van der Waals surface area contributed by atoms with Crippen LogP contribution >= 0.6 is 0 Å². The summed E-state index contributed by atoms with van der Waals surface area (Å²) in [6.07, 6.45) is 4.31. The van der Waals surface area contributed by atoms with Crippen molar-refractivity contribution in [3.63, 3.8) is 0 Å². The Hall–Kier alpha value is -0.650. The molecule has 5 nitrogen and oxygen atoms in total. The first-order valence-electron chi connectivity index (χ1n) is 7.52. The van der Waals surface area contributed by atoms with Crippen LogP contribution in [0.25, 0.3) is 0 Å². The first kappa shape index (κ1) is 16.4. The zero-order valence-corrected chi connectivity index (χ0v) is 12.4. The normalized spacial score (nSPS) is 17.9. The van der Waals surface area contributed by atoms with E-state index in [2.05, 4.69) is 24.1 Å². The summed E-state index contributed by atoms with van der Waals surface area (Å²) >= 11 is 0. The molecule has 1 saturated heterocycles. The molecule has 0 radical (unpaired) electrons. The van der Waals surface area contributed by atoms with Gasteiger partial charge in [-0.3, -0.25) is 9.69 Å². The molecule has 0 unspecified atom stereocenters. The number of likely N-dealkylation sites (tertiary alicyclic amines) is 1. The van der Waals surface area contributed by atoms with Gasteiger partial charge in [0.25, 0.3) is 0 Å². The number of rotatable bonds is 8. The van der Waals surface area contributed by atoms with E-state index in [0.29, 0.717) is 31.8 Å². The van der Waals surface area contributed by atoms with E-state index < -0.39 is 0 Å². The highest BCUT2D eigenvalue weighted by Gasteiger charge is 2.21. The van der Waals surface area contributed by atoms with E-state index in [1.807, 2.05) is 0 Å². The molecule has 0 atom stereocenters. The van der Waals surface area contributed by atoms with Crippen LogP contribution in [0.4, 0.5) is 0 Å². The summed E-state index contributed by atoms with van der Waals surface area (Å²) in [5.41, 5.74) is 5.42. The van der Waals surface area contributed by atoms with Crippen LogP contribution < -0.4 is 11.1 Å². The Morgan fingerprint density at radius 1 is 1.37 bits per heavy atom. The maximum Gasteiger partial charge on any atom is 0.234 e. The van der Waals surface area contributed by atoms with Crippen LogP contribution in [-0.4, -0.2) is 55.7 Å². The number of nitrogens with two attached hydrogens (primary N) is 1. The van der Waals surface area contributed by atoms with Crippen molar-refractivity contribution in [1.29, 1.82) is 0 Å². The number of nitrogens with one attached hydrogen (secondary N) is 1. The van der Waals surface area contributed by atoms with Gasteiger partial charge in [-0.05, 0) is 25.7 Å². The Morgan fingerprint density at radius 3 is 2.53 bits per heavy atom. The van der Waals surface area contributed by atoms with Gasteiger partial charge in [0.05, 0.1) is 19.3 Å². The monoisotopic (exact) mass is 271 g/mol. The van der Waals surface area contributed by atoms with E-state index >= 15 is 0 Å². The SMILES string of the molecule is CCC(CC)NC(=O)CN1CCC(OCCN)CC1. The minimum absolute atomic E-state index is 0.148. The fraction of sp³-hybridized carbons (Fsp3) is 0.929. The first-order chi connectivity index (χ1) is 9.19. The lowest BCUT2D eigenvalue weighted by Crippen LogP contribution is -2.45. The van der Waals surface area contributed by atoms with E-state index in [9.17, 15) is 4.79 Å². The van der Waals surface area contributed by atoms with E-state index in [1.165, 1.54) is 0 Å². The second kappa shape index (κ2) is 9.28. The molecule has 0 aromatic rings. The number of piperidine rings is 1. The largest absolute Gasteiger partial charge is 0.377 e. The van der Waals surface area contributed by atoms with E-state index in [0.717, 1.165) is 38.8 Å². The van der Waals surface area contributed by atoms with E-state index in [-0.39, 0.29) is 5.91 Å². The molecule has 0 bridgehead atoms. The van der Waals surface area contributed by atoms with Gasteiger partial charge in [-0.2, -0.15) is 0 Å². The average Bonchev–Trinajstić information content (AvgIpc) is 2.44. The molecule has 3 N–H and O–H groups in total. The smallest absolute Gasteiger partial charge is 0.234 e. The van der Waals surface area contributed by atoms with Gasteiger partial charge in [-0.1, -0.05) is 13.8 Å². The minimum Gasteiger partial charge on any atom is -0.377 e. The molecule has 5 heteroatoms. The van der Waals surface area contributed by atoms with Crippen molar-refractivity contribution in [3.05, 3.63) is 0 Å². The lowest BCUT2D eigenvalue weighted by molar-refractivity contribution is -0.123. The van der Waals surface area contributed by atoms with Crippen LogP contribution in [0.1, 0.15) is 39.5 Å². The Morgan fingerprint density at radius 2 is 2.00 bits per heavy atom. The Balaban J connectivity index is 2.19. The molecule has 1 rings (SSSR count). The number of ether oxygens (including phenoxy) is 1. The lowest BCUT2D eigenvalue weighted by Gasteiger charge is -2.31. The number of carbonyl (C=O) groups excluding carboxylic acids is 1. The molecule has 1 heterocycles. The standard InChI is InChI=1S/C14H29N3O2/c1-3-12(4-2)16-14(18)11-17-8-5-13(6-9-17)19-10-7-15/h12-13H,3-11,15H2,1-2H3,(H,16,18). The molecule has 0 aliphatic carbocycles. The summed E-state index contributed by atoms with van der Waals surface area (Å²) in [4.78, 5) is 14.1. The summed E-state index contributed by atoms with van der Waals surface area (Å²) in [6, 6.07) is 0.318. The maximum atomic E-state index is 11.9. The van der Waals surface area contributed by atoms with Gasteiger partial charge in [0.15, 0.2) is 0 Å².